The molecule has 5 nitrogen and oxygen atoms in total. The largest absolute Gasteiger partial charge is 0.381 e. The van der Waals surface area contributed by atoms with E-state index in [0.29, 0.717) is 11.8 Å². The van der Waals surface area contributed by atoms with Crippen LogP contribution < -0.4 is 4.90 Å². The summed E-state index contributed by atoms with van der Waals surface area (Å²) in [6.45, 7) is 8.01. The summed E-state index contributed by atoms with van der Waals surface area (Å²) in [5.74, 6) is 1.12. The van der Waals surface area contributed by atoms with E-state index < -0.39 is 0 Å². The standard InChI is InChI=1S/C24H36N4O/c1-24(2)13-12-20(22(23(24)29-3)16-28-18-25-17-26-28)9-6-19-7-10-21(11-8-19)27-14-4-5-15-27/h7-8,10-11,17-18,20,22-23H,4-6,9,12-16H2,1-3H3/t20-,22+,23-/m1/s1. The number of hydrogen-bond acceptors (Lipinski definition) is 4. The van der Waals surface area contributed by atoms with Crippen molar-refractivity contribution in [2.75, 3.05) is 25.1 Å². The van der Waals surface area contributed by atoms with Crippen molar-refractivity contribution in [3.05, 3.63) is 42.5 Å². The molecule has 2 fully saturated rings. The highest BCUT2D eigenvalue weighted by molar-refractivity contribution is 5.48. The maximum absolute atomic E-state index is 6.06. The SMILES string of the molecule is CO[C@@H]1[C@@H](Cn2cncn2)[C@H](CCc2ccc(N3CCCC3)cc2)CCC1(C)C. The average molecular weight is 397 g/mol. The Morgan fingerprint density at radius 3 is 2.55 bits per heavy atom. The highest BCUT2D eigenvalue weighted by Crippen LogP contribution is 2.45. The Balaban J connectivity index is 1.42. The van der Waals surface area contributed by atoms with Crippen LogP contribution in [0.15, 0.2) is 36.9 Å². The summed E-state index contributed by atoms with van der Waals surface area (Å²) in [4.78, 5) is 6.65. The highest BCUT2D eigenvalue weighted by atomic mass is 16.5. The third kappa shape index (κ3) is 4.66. The van der Waals surface area contributed by atoms with Gasteiger partial charge in [-0.25, -0.2) is 4.98 Å². The summed E-state index contributed by atoms with van der Waals surface area (Å²) in [6, 6.07) is 9.30. The van der Waals surface area contributed by atoms with Gasteiger partial charge in [-0.15, -0.1) is 0 Å². The maximum atomic E-state index is 6.06. The molecule has 1 aromatic carbocycles. The van der Waals surface area contributed by atoms with Crippen molar-refractivity contribution in [1.29, 1.82) is 0 Å². The highest BCUT2D eigenvalue weighted by Gasteiger charge is 2.44. The lowest BCUT2D eigenvalue weighted by Crippen LogP contribution is -2.47. The van der Waals surface area contributed by atoms with E-state index in [1.807, 2.05) is 18.1 Å². The molecule has 1 aliphatic heterocycles. The minimum absolute atomic E-state index is 0.202. The topological polar surface area (TPSA) is 43.2 Å². The Hall–Kier alpha value is -1.88. The first kappa shape index (κ1) is 20.4. The number of hydrogen-bond donors (Lipinski definition) is 0. The zero-order chi connectivity index (χ0) is 20.3. The second-order valence-corrected chi connectivity index (χ2v) is 9.62. The number of benzene rings is 1. The molecule has 5 heteroatoms. The molecule has 1 saturated carbocycles. The van der Waals surface area contributed by atoms with Crippen molar-refractivity contribution in [1.82, 2.24) is 14.8 Å². The van der Waals surface area contributed by atoms with E-state index in [9.17, 15) is 0 Å². The number of ether oxygens (including phenoxy) is 1. The molecule has 158 valence electrons. The molecule has 1 aromatic heterocycles. The van der Waals surface area contributed by atoms with Gasteiger partial charge in [0, 0.05) is 38.3 Å². The van der Waals surface area contributed by atoms with Crippen molar-refractivity contribution >= 4 is 5.69 Å². The Bertz CT molecular complexity index is 750. The maximum Gasteiger partial charge on any atom is 0.137 e. The summed E-state index contributed by atoms with van der Waals surface area (Å²) >= 11 is 0. The summed E-state index contributed by atoms with van der Waals surface area (Å²) in [6.07, 6.45) is 11.2. The Morgan fingerprint density at radius 2 is 1.90 bits per heavy atom. The first-order valence-electron chi connectivity index (χ1n) is 11.3. The molecule has 0 bridgehead atoms. The predicted molar refractivity (Wildman–Crippen MR) is 117 cm³/mol. The molecule has 2 heterocycles. The van der Waals surface area contributed by atoms with E-state index in [-0.39, 0.29) is 11.5 Å². The first-order valence-corrected chi connectivity index (χ1v) is 11.3. The van der Waals surface area contributed by atoms with Crippen LogP contribution in [0.3, 0.4) is 0 Å². The minimum atomic E-state index is 0.202. The second kappa shape index (κ2) is 8.86. The summed E-state index contributed by atoms with van der Waals surface area (Å²) in [5.41, 5.74) is 3.04. The van der Waals surface area contributed by atoms with E-state index in [2.05, 4.69) is 53.1 Å². The molecule has 0 N–H and O–H groups in total. The van der Waals surface area contributed by atoms with E-state index in [1.165, 1.54) is 56.4 Å². The van der Waals surface area contributed by atoms with Crippen molar-refractivity contribution in [2.24, 2.45) is 17.3 Å². The van der Waals surface area contributed by atoms with Crippen LogP contribution in [0.1, 0.15) is 51.5 Å². The van der Waals surface area contributed by atoms with Crippen LogP contribution in [0, 0.1) is 17.3 Å². The molecular weight excluding hydrogens is 360 g/mol. The normalized spacial score (nSPS) is 26.7. The molecule has 0 radical (unpaired) electrons. The fourth-order valence-corrected chi connectivity index (χ4v) is 5.58. The first-order chi connectivity index (χ1) is 14.1. The van der Waals surface area contributed by atoms with E-state index in [4.69, 9.17) is 4.74 Å². The fraction of sp³-hybridized carbons (Fsp3) is 0.667. The predicted octanol–water partition coefficient (Wildman–Crippen LogP) is 4.58. The molecule has 2 aliphatic rings. The number of aromatic nitrogens is 3. The molecule has 0 amide bonds. The number of methoxy groups -OCH3 is 1. The lowest BCUT2D eigenvalue weighted by atomic mass is 9.63. The smallest absolute Gasteiger partial charge is 0.137 e. The van der Waals surface area contributed by atoms with Crippen LogP contribution in [0.25, 0.3) is 0 Å². The van der Waals surface area contributed by atoms with Crippen LogP contribution in [0.4, 0.5) is 5.69 Å². The summed E-state index contributed by atoms with van der Waals surface area (Å²) < 4.78 is 8.04. The average Bonchev–Trinajstić information content (AvgIpc) is 3.42. The van der Waals surface area contributed by atoms with Gasteiger partial charge in [0.2, 0.25) is 0 Å². The van der Waals surface area contributed by atoms with Crippen LogP contribution in [0.5, 0.6) is 0 Å². The van der Waals surface area contributed by atoms with Gasteiger partial charge in [-0.05, 0) is 67.6 Å². The molecule has 1 aliphatic carbocycles. The Kier molecular flexibility index (Phi) is 6.23. The van der Waals surface area contributed by atoms with E-state index in [1.54, 1.807) is 6.33 Å². The van der Waals surface area contributed by atoms with Gasteiger partial charge in [0.1, 0.15) is 12.7 Å². The summed E-state index contributed by atoms with van der Waals surface area (Å²) in [7, 11) is 1.88. The molecule has 3 atom stereocenters. The third-order valence-corrected chi connectivity index (χ3v) is 7.25. The summed E-state index contributed by atoms with van der Waals surface area (Å²) in [5, 5.41) is 4.37. The molecule has 2 aromatic rings. The van der Waals surface area contributed by atoms with E-state index in [0.717, 1.165) is 13.0 Å². The van der Waals surface area contributed by atoms with Gasteiger partial charge in [-0.1, -0.05) is 26.0 Å². The van der Waals surface area contributed by atoms with Crippen LogP contribution in [0.2, 0.25) is 0 Å². The molecule has 0 unspecified atom stereocenters. The Morgan fingerprint density at radius 1 is 1.14 bits per heavy atom. The molecule has 29 heavy (non-hydrogen) atoms. The van der Waals surface area contributed by atoms with Crippen molar-refractivity contribution in [2.45, 2.75) is 65.0 Å². The van der Waals surface area contributed by atoms with Crippen molar-refractivity contribution in [3.8, 4) is 0 Å². The molecule has 1 saturated heterocycles. The van der Waals surface area contributed by atoms with Crippen LogP contribution >= 0.6 is 0 Å². The number of aryl methyl sites for hydroxylation is 1. The quantitative estimate of drug-likeness (QED) is 0.687. The monoisotopic (exact) mass is 396 g/mol. The van der Waals surface area contributed by atoms with Gasteiger partial charge in [0.25, 0.3) is 0 Å². The third-order valence-electron chi connectivity index (χ3n) is 7.25. The van der Waals surface area contributed by atoms with Gasteiger partial charge in [0.05, 0.1) is 6.10 Å². The fourth-order valence-electron chi connectivity index (χ4n) is 5.58. The number of anilines is 1. The zero-order valence-corrected chi connectivity index (χ0v) is 18.3. The lowest BCUT2D eigenvalue weighted by molar-refractivity contribution is -0.0925. The lowest BCUT2D eigenvalue weighted by Gasteiger charge is -2.47. The number of rotatable bonds is 7. The van der Waals surface area contributed by atoms with Crippen LogP contribution in [-0.4, -0.2) is 41.1 Å². The number of nitrogens with zero attached hydrogens (tertiary/aromatic N) is 4. The molecular formula is C24H36N4O. The van der Waals surface area contributed by atoms with Gasteiger partial charge in [-0.2, -0.15) is 5.10 Å². The van der Waals surface area contributed by atoms with Gasteiger partial charge in [-0.3, -0.25) is 4.68 Å². The van der Waals surface area contributed by atoms with E-state index >= 15 is 0 Å². The molecule has 4 rings (SSSR count). The van der Waals surface area contributed by atoms with Crippen LogP contribution in [-0.2, 0) is 17.7 Å². The minimum Gasteiger partial charge on any atom is -0.381 e. The zero-order valence-electron chi connectivity index (χ0n) is 18.3. The second-order valence-electron chi connectivity index (χ2n) is 9.62. The van der Waals surface area contributed by atoms with Gasteiger partial charge < -0.3 is 9.64 Å². The Labute approximate surface area is 175 Å². The van der Waals surface area contributed by atoms with Crippen molar-refractivity contribution < 1.29 is 4.74 Å². The molecule has 0 spiro atoms. The van der Waals surface area contributed by atoms with Crippen molar-refractivity contribution in [3.63, 3.8) is 0 Å². The van der Waals surface area contributed by atoms with Gasteiger partial charge >= 0.3 is 0 Å². The van der Waals surface area contributed by atoms with Gasteiger partial charge in [0.15, 0.2) is 0 Å².